The zero-order chi connectivity index (χ0) is 19.3. The number of ether oxygens (including phenoxy) is 1. The lowest BCUT2D eigenvalue weighted by Gasteiger charge is -2.37. The molecule has 140 valence electrons. The molecule has 0 fully saturated rings. The molecule has 1 atom stereocenters. The topological polar surface area (TPSA) is 59.5 Å². The molecule has 1 amide bonds. The molecule has 3 aromatic rings. The number of benzene rings is 2. The molecule has 0 saturated heterocycles. The fraction of sp³-hybridized carbons (Fsp3) is 0.136. The summed E-state index contributed by atoms with van der Waals surface area (Å²) >= 11 is 1.73. The van der Waals surface area contributed by atoms with Gasteiger partial charge in [-0.25, -0.2) is 4.79 Å². The van der Waals surface area contributed by atoms with Crippen molar-refractivity contribution in [2.45, 2.75) is 10.9 Å². The van der Waals surface area contributed by atoms with Crippen LogP contribution in [-0.2, 0) is 9.53 Å². The molecular weight excluding hydrogens is 372 g/mol. The summed E-state index contributed by atoms with van der Waals surface area (Å²) in [5, 5.41) is 0. The Kier molecular flexibility index (Phi) is 5.39. The molecule has 1 aliphatic heterocycles. The normalized spacial score (nSPS) is 15.6. The van der Waals surface area contributed by atoms with Crippen LogP contribution in [0.15, 0.2) is 84.0 Å². The highest BCUT2D eigenvalue weighted by molar-refractivity contribution is 7.99. The second-order valence-electron chi connectivity index (χ2n) is 6.28. The number of anilines is 1. The standard InChI is InChI=1S/C22H18N2O3S/c25-21(14-27-22(26)17-10-12-23-13-11-17)24-18-8-4-5-9-20(18)28-15-19(24)16-6-2-1-3-7-16/h1-13,19H,14-15H2/t19-/m0/s1. The maximum absolute atomic E-state index is 13.1. The second-order valence-corrected chi connectivity index (χ2v) is 7.34. The van der Waals surface area contributed by atoms with E-state index in [0.717, 1.165) is 21.9 Å². The summed E-state index contributed by atoms with van der Waals surface area (Å²) in [6.07, 6.45) is 3.03. The van der Waals surface area contributed by atoms with Crippen molar-refractivity contribution < 1.29 is 14.3 Å². The predicted molar refractivity (Wildman–Crippen MR) is 108 cm³/mol. The third kappa shape index (κ3) is 3.77. The average molecular weight is 390 g/mol. The van der Waals surface area contributed by atoms with Gasteiger partial charge in [-0.3, -0.25) is 14.7 Å². The maximum atomic E-state index is 13.1. The number of hydrogen-bond donors (Lipinski definition) is 0. The van der Waals surface area contributed by atoms with E-state index in [2.05, 4.69) is 4.98 Å². The van der Waals surface area contributed by atoms with E-state index in [1.54, 1.807) is 28.8 Å². The molecule has 2 heterocycles. The Morgan fingerprint density at radius 3 is 2.50 bits per heavy atom. The number of thioether (sulfide) groups is 1. The van der Waals surface area contributed by atoms with Gasteiger partial charge in [0.2, 0.25) is 0 Å². The Morgan fingerprint density at radius 2 is 1.71 bits per heavy atom. The van der Waals surface area contributed by atoms with Gasteiger partial charge in [0, 0.05) is 23.0 Å². The van der Waals surface area contributed by atoms with E-state index >= 15 is 0 Å². The van der Waals surface area contributed by atoms with Gasteiger partial charge in [0.1, 0.15) is 0 Å². The lowest BCUT2D eigenvalue weighted by Crippen LogP contribution is -2.41. The largest absolute Gasteiger partial charge is 0.452 e. The molecule has 5 nitrogen and oxygen atoms in total. The molecule has 1 aromatic heterocycles. The number of aromatic nitrogens is 1. The Bertz CT molecular complexity index is 979. The van der Waals surface area contributed by atoms with E-state index in [0.29, 0.717) is 5.56 Å². The summed E-state index contributed by atoms with van der Waals surface area (Å²) in [5.41, 5.74) is 2.27. The number of carbonyl (C=O) groups excluding carboxylic acids is 2. The van der Waals surface area contributed by atoms with Crippen molar-refractivity contribution >= 4 is 29.3 Å². The fourth-order valence-electron chi connectivity index (χ4n) is 3.19. The molecule has 28 heavy (non-hydrogen) atoms. The van der Waals surface area contributed by atoms with Crippen LogP contribution in [0.2, 0.25) is 0 Å². The van der Waals surface area contributed by atoms with Gasteiger partial charge < -0.3 is 4.74 Å². The van der Waals surface area contributed by atoms with Crippen LogP contribution < -0.4 is 4.90 Å². The van der Waals surface area contributed by atoms with Gasteiger partial charge in [0.25, 0.3) is 5.91 Å². The predicted octanol–water partition coefficient (Wildman–Crippen LogP) is 4.12. The summed E-state index contributed by atoms with van der Waals surface area (Å²) < 4.78 is 5.28. The van der Waals surface area contributed by atoms with E-state index in [9.17, 15) is 9.59 Å². The number of nitrogens with zero attached hydrogens (tertiary/aromatic N) is 2. The van der Waals surface area contributed by atoms with E-state index in [1.807, 2.05) is 54.6 Å². The third-order valence-electron chi connectivity index (χ3n) is 4.53. The van der Waals surface area contributed by atoms with Crippen molar-refractivity contribution in [1.82, 2.24) is 4.98 Å². The maximum Gasteiger partial charge on any atom is 0.338 e. The molecule has 0 N–H and O–H groups in total. The van der Waals surface area contributed by atoms with Gasteiger partial charge in [0.15, 0.2) is 6.61 Å². The van der Waals surface area contributed by atoms with Gasteiger partial charge in [-0.1, -0.05) is 42.5 Å². The third-order valence-corrected chi connectivity index (χ3v) is 5.67. The smallest absolute Gasteiger partial charge is 0.338 e. The van der Waals surface area contributed by atoms with Crippen LogP contribution in [0.5, 0.6) is 0 Å². The highest BCUT2D eigenvalue weighted by Crippen LogP contribution is 2.43. The lowest BCUT2D eigenvalue weighted by molar-refractivity contribution is -0.122. The Labute approximate surface area is 167 Å². The van der Waals surface area contributed by atoms with Gasteiger partial charge >= 0.3 is 5.97 Å². The van der Waals surface area contributed by atoms with E-state index in [-0.39, 0.29) is 18.6 Å². The number of carbonyl (C=O) groups is 2. The minimum Gasteiger partial charge on any atom is -0.452 e. The van der Waals surface area contributed by atoms with Gasteiger partial charge in [-0.15, -0.1) is 11.8 Å². The van der Waals surface area contributed by atoms with Gasteiger partial charge in [0.05, 0.1) is 17.3 Å². The first-order chi connectivity index (χ1) is 13.7. The Morgan fingerprint density at radius 1 is 1.00 bits per heavy atom. The van der Waals surface area contributed by atoms with E-state index in [1.165, 1.54) is 12.4 Å². The molecule has 6 heteroatoms. The fourth-order valence-corrected chi connectivity index (χ4v) is 4.35. The summed E-state index contributed by atoms with van der Waals surface area (Å²) in [6.45, 7) is -0.316. The molecule has 0 radical (unpaired) electrons. The lowest BCUT2D eigenvalue weighted by atomic mass is 10.1. The van der Waals surface area contributed by atoms with Crippen molar-refractivity contribution in [3.05, 3.63) is 90.3 Å². The first-order valence-corrected chi connectivity index (χ1v) is 9.88. The van der Waals surface area contributed by atoms with Gasteiger partial charge in [-0.05, 0) is 29.8 Å². The number of esters is 1. The van der Waals surface area contributed by atoms with Crippen LogP contribution in [0.1, 0.15) is 22.0 Å². The highest BCUT2D eigenvalue weighted by atomic mass is 32.2. The number of pyridine rings is 1. The minimum absolute atomic E-state index is 0.117. The van der Waals surface area contributed by atoms with Crippen molar-refractivity contribution in [3.63, 3.8) is 0 Å². The highest BCUT2D eigenvalue weighted by Gasteiger charge is 2.32. The average Bonchev–Trinajstić information content (AvgIpc) is 2.77. The number of amides is 1. The number of fused-ring (bicyclic) bond motifs is 1. The van der Waals surface area contributed by atoms with Crippen molar-refractivity contribution in [3.8, 4) is 0 Å². The molecule has 4 rings (SSSR count). The van der Waals surface area contributed by atoms with Crippen LogP contribution in [0, 0.1) is 0 Å². The van der Waals surface area contributed by atoms with Crippen molar-refractivity contribution in [1.29, 1.82) is 0 Å². The summed E-state index contributed by atoms with van der Waals surface area (Å²) in [4.78, 5) is 32.0. The zero-order valence-corrected chi connectivity index (χ0v) is 15.8. The monoisotopic (exact) mass is 390 g/mol. The minimum atomic E-state index is -0.535. The Balaban J connectivity index is 1.58. The molecular formula is C22H18N2O3S. The van der Waals surface area contributed by atoms with Crippen LogP contribution in [0.25, 0.3) is 0 Å². The van der Waals surface area contributed by atoms with Crippen LogP contribution >= 0.6 is 11.8 Å². The summed E-state index contributed by atoms with van der Waals surface area (Å²) in [5.74, 6) is -0.0406. The van der Waals surface area contributed by atoms with Gasteiger partial charge in [-0.2, -0.15) is 0 Å². The Hall–Kier alpha value is -3.12. The number of hydrogen-bond acceptors (Lipinski definition) is 5. The second kappa shape index (κ2) is 8.27. The SMILES string of the molecule is O=C(OCC(=O)N1c2ccccc2SC[C@H]1c1ccccc1)c1ccncc1. The summed E-state index contributed by atoms with van der Waals surface area (Å²) in [7, 11) is 0. The van der Waals surface area contributed by atoms with E-state index in [4.69, 9.17) is 4.74 Å². The molecule has 0 unspecified atom stereocenters. The molecule has 0 aliphatic carbocycles. The van der Waals surface area contributed by atoms with Crippen molar-refractivity contribution in [2.24, 2.45) is 0 Å². The van der Waals surface area contributed by atoms with Crippen molar-refractivity contribution in [2.75, 3.05) is 17.3 Å². The number of para-hydroxylation sites is 1. The molecule has 0 bridgehead atoms. The molecule has 1 aliphatic rings. The summed E-state index contributed by atoms with van der Waals surface area (Å²) in [6, 6.07) is 20.7. The van der Waals surface area contributed by atoms with E-state index < -0.39 is 5.97 Å². The zero-order valence-electron chi connectivity index (χ0n) is 15.0. The first-order valence-electron chi connectivity index (χ1n) is 8.90. The van der Waals surface area contributed by atoms with Crippen LogP contribution in [0.3, 0.4) is 0 Å². The van der Waals surface area contributed by atoms with Crippen LogP contribution in [-0.4, -0.2) is 29.2 Å². The quantitative estimate of drug-likeness (QED) is 0.627. The molecule has 2 aromatic carbocycles. The molecule has 0 saturated carbocycles. The van der Waals surface area contributed by atoms with Crippen LogP contribution in [0.4, 0.5) is 5.69 Å². The first kappa shape index (κ1) is 18.3. The number of rotatable bonds is 4. The molecule has 0 spiro atoms.